The molecule has 0 aromatic carbocycles. The van der Waals surface area contributed by atoms with Gasteiger partial charge in [-0.3, -0.25) is 4.79 Å². The first kappa shape index (κ1) is 16.9. The van der Waals surface area contributed by atoms with Crippen molar-refractivity contribution in [1.82, 2.24) is 9.80 Å². The molecule has 2 aliphatic carbocycles. The van der Waals surface area contributed by atoms with Crippen LogP contribution in [0.3, 0.4) is 0 Å². The number of morpholine rings is 1. The van der Waals surface area contributed by atoms with Crippen LogP contribution >= 0.6 is 0 Å². The van der Waals surface area contributed by atoms with Gasteiger partial charge in [0.25, 0.3) is 0 Å². The van der Waals surface area contributed by atoms with Crippen LogP contribution in [0.2, 0.25) is 0 Å². The number of carbonyl (C=O) groups is 1. The SMILES string of the molecule is CN(C)CCO[C@@H]1CC[C@H]2[C@H]1OCCN2C(=O)CC1C=CCC1. The van der Waals surface area contributed by atoms with E-state index in [4.69, 9.17) is 9.47 Å². The molecule has 0 aromatic heterocycles. The number of allylic oxidation sites excluding steroid dienone is 2. The zero-order valence-corrected chi connectivity index (χ0v) is 14.4. The summed E-state index contributed by atoms with van der Waals surface area (Å²) in [6.07, 6.45) is 9.51. The van der Waals surface area contributed by atoms with Gasteiger partial charge in [-0.1, -0.05) is 12.2 Å². The molecule has 4 atom stereocenters. The van der Waals surface area contributed by atoms with Gasteiger partial charge < -0.3 is 19.3 Å². The summed E-state index contributed by atoms with van der Waals surface area (Å²) in [7, 11) is 4.10. The fraction of sp³-hybridized carbons (Fsp3) is 0.833. The smallest absolute Gasteiger partial charge is 0.223 e. The van der Waals surface area contributed by atoms with E-state index >= 15 is 0 Å². The first-order valence-electron chi connectivity index (χ1n) is 8.99. The highest BCUT2D eigenvalue weighted by molar-refractivity contribution is 5.77. The summed E-state index contributed by atoms with van der Waals surface area (Å²) in [6, 6.07) is 0.214. The Bertz CT molecular complexity index is 438. The molecule has 130 valence electrons. The second-order valence-corrected chi connectivity index (χ2v) is 7.25. The second-order valence-electron chi connectivity index (χ2n) is 7.25. The molecule has 1 saturated carbocycles. The molecule has 0 bridgehead atoms. The van der Waals surface area contributed by atoms with E-state index in [1.165, 1.54) is 0 Å². The Labute approximate surface area is 139 Å². The Morgan fingerprint density at radius 3 is 2.96 bits per heavy atom. The normalized spacial score (nSPS) is 33.4. The molecule has 1 unspecified atom stereocenters. The van der Waals surface area contributed by atoms with Crippen LogP contribution in [0.5, 0.6) is 0 Å². The number of fused-ring (bicyclic) bond motifs is 1. The maximum Gasteiger partial charge on any atom is 0.223 e. The summed E-state index contributed by atoms with van der Waals surface area (Å²) in [4.78, 5) is 16.9. The number of ether oxygens (including phenoxy) is 2. The predicted octanol–water partition coefficient (Wildman–Crippen LogP) is 1.68. The molecule has 0 spiro atoms. The number of nitrogens with zero attached hydrogens (tertiary/aromatic N) is 2. The van der Waals surface area contributed by atoms with Crippen LogP contribution in [-0.2, 0) is 14.3 Å². The molecule has 1 amide bonds. The average Bonchev–Trinajstić information content (AvgIpc) is 3.16. The van der Waals surface area contributed by atoms with E-state index in [9.17, 15) is 4.79 Å². The average molecular weight is 322 g/mol. The highest BCUT2D eigenvalue weighted by Crippen LogP contribution is 2.33. The lowest BCUT2D eigenvalue weighted by Crippen LogP contribution is -2.54. The first-order valence-corrected chi connectivity index (χ1v) is 8.99. The van der Waals surface area contributed by atoms with Crippen molar-refractivity contribution in [2.24, 2.45) is 5.92 Å². The summed E-state index contributed by atoms with van der Waals surface area (Å²) < 4.78 is 12.0. The molecule has 5 nitrogen and oxygen atoms in total. The van der Waals surface area contributed by atoms with Crippen molar-refractivity contribution >= 4 is 5.91 Å². The second kappa shape index (κ2) is 7.77. The maximum absolute atomic E-state index is 12.7. The van der Waals surface area contributed by atoms with Gasteiger partial charge >= 0.3 is 0 Å². The minimum atomic E-state index is 0.0639. The first-order chi connectivity index (χ1) is 11.1. The van der Waals surface area contributed by atoms with Crippen molar-refractivity contribution in [3.63, 3.8) is 0 Å². The van der Waals surface area contributed by atoms with Crippen LogP contribution in [0, 0.1) is 5.92 Å². The van der Waals surface area contributed by atoms with Gasteiger partial charge in [0.15, 0.2) is 0 Å². The molecule has 3 rings (SSSR count). The van der Waals surface area contributed by atoms with E-state index in [0.29, 0.717) is 24.9 Å². The van der Waals surface area contributed by atoms with Gasteiger partial charge in [-0.05, 0) is 45.7 Å². The van der Waals surface area contributed by atoms with E-state index in [0.717, 1.165) is 45.4 Å². The summed E-state index contributed by atoms with van der Waals surface area (Å²) in [5, 5.41) is 0. The Morgan fingerprint density at radius 1 is 1.35 bits per heavy atom. The number of rotatable bonds is 6. The van der Waals surface area contributed by atoms with Gasteiger partial charge in [-0.15, -0.1) is 0 Å². The van der Waals surface area contributed by atoms with Gasteiger partial charge in [0, 0.05) is 19.5 Å². The van der Waals surface area contributed by atoms with Gasteiger partial charge in [-0.2, -0.15) is 0 Å². The topological polar surface area (TPSA) is 42.0 Å². The molecule has 0 radical (unpaired) electrons. The van der Waals surface area contributed by atoms with E-state index in [2.05, 4.69) is 36.0 Å². The van der Waals surface area contributed by atoms with Crippen molar-refractivity contribution < 1.29 is 14.3 Å². The van der Waals surface area contributed by atoms with Crippen LogP contribution < -0.4 is 0 Å². The highest BCUT2D eigenvalue weighted by atomic mass is 16.5. The molecule has 5 heteroatoms. The zero-order chi connectivity index (χ0) is 16.2. The number of hydrogen-bond donors (Lipinski definition) is 0. The molecular weight excluding hydrogens is 292 g/mol. The largest absolute Gasteiger partial charge is 0.374 e. The third-order valence-corrected chi connectivity index (χ3v) is 5.28. The fourth-order valence-electron chi connectivity index (χ4n) is 4.00. The van der Waals surface area contributed by atoms with Crippen LogP contribution in [-0.4, -0.2) is 74.4 Å². The van der Waals surface area contributed by atoms with Crippen LogP contribution in [0.15, 0.2) is 12.2 Å². The van der Waals surface area contributed by atoms with E-state index in [1.807, 2.05) is 0 Å². The van der Waals surface area contributed by atoms with Crippen LogP contribution in [0.4, 0.5) is 0 Å². The third-order valence-electron chi connectivity index (χ3n) is 5.28. The molecular formula is C18H30N2O3. The minimum Gasteiger partial charge on any atom is -0.374 e. The highest BCUT2D eigenvalue weighted by Gasteiger charge is 2.45. The van der Waals surface area contributed by atoms with Crippen molar-refractivity contribution in [3.05, 3.63) is 12.2 Å². The fourth-order valence-corrected chi connectivity index (χ4v) is 4.00. The molecule has 0 aromatic rings. The lowest BCUT2D eigenvalue weighted by atomic mass is 10.0. The number of amides is 1. The van der Waals surface area contributed by atoms with E-state index < -0.39 is 0 Å². The Morgan fingerprint density at radius 2 is 2.22 bits per heavy atom. The van der Waals surface area contributed by atoms with Crippen molar-refractivity contribution in [1.29, 1.82) is 0 Å². The van der Waals surface area contributed by atoms with Crippen LogP contribution in [0.25, 0.3) is 0 Å². The molecule has 1 saturated heterocycles. The lowest BCUT2D eigenvalue weighted by molar-refractivity contribution is -0.152. The Kier molecular flexibility index (Phi) is 5.72. The van der Waals surface area contributed by atoms with Crippen molar-refractivity contribution in [3.8, 4) is 0 Å². The maximum atomic E-state index is 12.7. The van der Waals surface area contributed by atoms with Crippen molar-refractivity contribution in [2.75, 3.05) is 40.4 Å². The van der Waals surface area contributed by atoms with E-state index in [-0.39, 0.29) is 18.2 Å². The summed E-state index contributed by atoms with van der Waals surface area (Å²) in [5.74, 6) is 0.742. The molecule has 0 N–H and O–H groups in total. The molecule has 2 fully saturated rings. The summed E-state index contributed by atoms with van der Waals surface area (Å²) in [5.41, 5.74) is 0. The summed E-state index contributed by atoms with van der Waals surface area (Å²) in [6.45, 7) is 3.03. The summed E-state index contributed by atoms with van der Waals surface area (Å²) >= 11 is 0. The minimum absolute atomic E-state index is 0.0639. The van der Waals surface area contributed by atoms with Gasteiger partial charge in [0.1, 0.15) is 6.10 Å². The quantitative estimate of drug-likeness (QED) is 0.698. The molecule has 3 aliphatic rings. The zero-order valence-electron chi connectivity index (χ0n) is 14.4. The van der Waals surface area contributed by atoms with Gasteiger partial charge in [0.05, 0.1) is 25.4 Å². The molecule has 23 heavy (non-hydrogen) atoms. The number of likely N-dealkylation sites (N-methyl/N-ethyl adjacent to an activating group) is 1. The number of hydrogen-bond acceptors (Lipinski definition) is 4. The van der Waals surface area contributed by atoms with E-state index in [1.54, 1.807) is 0 Å². The third kappa shape index (κ3) is 4.14. The number of carbonyl (C=O) groups excluding carboxylic acids is 1. The predicted molar refractivity (Wildman–Crippen MR) is 89.3 cm³/mol. The van der Waals surface area contributed by atoms with Gasteiger partial charge in [-0.25, -0.2) is 0 Å². The molecule has 1 aliphatic heterocycles. The van der Waals surface area contributed by atoms with Gasteiger partial charge in [0.2, 0.25) is 5.91 Å². The van der Waals surface area contributed by atoms with Crippen LogP contribution in [0.1, 0.15) is 32.1 Å². The Hall–Kier alpha value is -0.910. The lowest BCUT2D eigenvalue weighted by Gasteiger charge is -2.39. The molecule has 1 heterocycles. The Balaban J connectivity index is 1.53. The monoisotopic (exact) mass is 322 g/mol. The van der Waals surface area contributed by atoms with Crippen molar-refractivity contribution in [2.45, 2.75) is 50.4 Å². The standard InChI is InChI=1S/C18H30N2O3/c1-19(2)9-11-22-16-8-7-15-18(16)23-12-10-20(15)17(21)13-14-5-3-4-6-14/h3,5,14-16,18H,4,6-13H2,1-2H3/t14?,15-,16+,18+/m0/s1.